The monoisotopic (exact) mass is 591 g/mol. The molecular formula is C39H49N3O2. The second-order valence-corrected chi connectivity index (χ2v) is 15.6. The molecule has 4 bridgehead atoms. The normalized spacial score (nSPS) is 41.2. The number of anilines is 1. The lowest BCUT2D eigenvalue weighted by Crippen LogP contribution is -2.63. The van der Waals surface area contributed by atoms with Crippen molar-refractivity contribution in [3.8, 4) is 11.5 Å². The summed E-state index contributed by atoms with van der Waals surface area (Å²) < 4.78 is 13.2. The van der Waals surface area contributed by atoms with E-state index in [2.05, 4.69) is 106 Å². The van der Waals surface area contributed by atoms with Gasteiger partial charge in [0.15, 0.2) is 0 Å². The largest absolute Gasteiger partial charge is 0.488 e. The Hall–Kier alpha value is -2.76. The van der Waals surface area contributed by atoms with E-state index in [1.165, 1.54) is 66.2 Å². The average molecular weight is 592 g/mol. The molecule has 0 amide bonds. The SMILES string of the molecule is CNc1cc(C)c2c3c1CC1C4C=C[C@H](C)C(O2)C34CCN1C.Cc1ccc2c3c1OC1[C@@H](C)C=CC4C(C2)N(C)CCC341. The molecule has 8 unspecified atom stereocenters. The van der Waals surface area contributed by atoms with Crippen LogP contribution < -0.4 is 14.8 Å². The van der Waals surface area contributed by atoms with Crippen molar-refractivity contribution < 1.29 is 9.47 Å². The lowest BCUT2D eigenvalue weighted by molar-refractivity contribution is -0.0142. The molecule has 8 aliphatic rings. The van der Waals surface area contributed by atoms with Crippen molar-refractivity contribution in [2.24, 2.45) is 23.7 Å². The van der Waals surface area contributed by atoms with Crippen molar-refractivity contribution in [1.29, 1.82) is 0 Å². The maximum atomic E-state index is 6.66. The molecular weight excluding hydrogens is 542 g/mol. The van der Waals surface area contributed by atoms with Crippen LogP contribution in [0, 0.1) is 37.5 Å². The van der Waals surface area contributed by atoms with Crippen molar-refractivity contribution in [2.45, 2.75) is 88.5 Å². The summed E-state index contributed by atoms with van der Waals surface area (Å²) in [5.41, 5.74) is 10.6. The summed E-state index contributed by atoms with van der Waals surface area (Å²) in [5.74, 6) is 4.67. The number of rotatable bonds is 1. The number of hydrogen-bond acceptors (Lipinski definition) is 5. The molecule has 5 nitrogen and oxygen atoms in total. The third kappa shape index (κ3) is 3.18. The van der Waals surface area contributed by atoms with E-state index in [0.29, 0.717) is 48.0 Å². The highest BCUT2D eigenvalue weighted by molar-refractivity contribution is 5.69. The second kappa shape index (κ2) is 9.16. The number of piperidine rings is 2. The molecule has 0 saturated carbocycles. The molecule has 5 heteroatoms. The minimum Gasteiger partial charge on any atom is -0.488 e. The van der Waals surface area contributed by atoms with Gasteiger partial charge in [-0.2, -0.15) is 0 Å². The van der Waals surface area contributed by atoms with Gasteiger partial charge in [-0.05, 0) is 95.0 Å². The molecule has 2 aromatic rings. The molecule has 2 saturated heterocycles. The van der Waals surface area contributed by atoms with Crippen molar-refractivity contribution in [3.05, 3.63) is 75.9 Å². The van der Waals surface area contributed by atoms with Gasteiger partial charge in [0.25, 0.3) is 0 Å². The van der Waals surface area contributed by atoms with Gasteiger partial charge in [0.05, 0.1) is 0 Å². The summed E-state index contributed by atoms with van der Waals surface area (Å²) >= 11 is 0. The summed E-state index contributed by atoms with van der Waals surface area (Å²) in [7, 11) is 6.65. The van der Waals surface area contributed by atoms with E-state index in [0.717, 1.165) is 6.42 Å². The fourth-order valence-electron chi connectivity index (χ4n) is 11.6. The first-order chi connectivity index (χ1) is 21.2. The molecule has 2 fully saturated rings. The Balaban J connectivity index is 0.000000123. The first kappa shape index (κ1) is 27.5. The van der Waals surface area contributed by atoms with Crippen LogP contribution in [0.15, 0.2) is 42.5 Å². The number of ether oxygens (including phenoxy) is 2. The molecule has 232 valence electrons. The van der Waals surface area contributed by atoms with Crippen LogP contribution in [-0.4, -0.2) is 68.3 Å². The molecule has 10 rings (SSSR count). The Kier molecular flexibility index (Phi) is 5.73. The molecule has 10 atom stereocenters. The molecule has 2 aromatic carbocycles. The van der Waals surface area contributed by atoms with Gasteiger partial charge in [-0.1, -0.05) is 50.3 Å². The van der Waals surface area contributed by atoms with E-state index in [1.807, 2.05) is 0 Å². The molecule has 44 heavy (non-hydrogen) atoms. The van der Waals surface area contributed by atoms with Crippen LogP contribution in [0.2, 0.25) is 0 Å². The second-order valence-electron chi connectivity index (χ2n) is 15.6. The quantitative estimate of drug-likeness (QED) is 0.400. The molecule has 0 radical (unpaired) electrons. The zero-order chi connectivity index (χ0) is 30.3. The average Bonchev–Trinajstić information content (AvgIpc) is 3.56. The van der Waals surface area contributed by atoms with Crippen LogP contribution in [0.5, 0.6) is 11.5 Å². The van der Waals surface area contributed by atoms with Crippen LogP contribution in [0.1, 0.15) is 60.1 Å². The van der Waals surface area contributed by atoms with E-state index >= 15 is 0 Å². The molecule has 2 spiro atoms. The van der Waals surface area contributed by atoms with Crippen LogP contribution in [0.25, 0.3) is 0 Å². The topological polar surface area (TPSA) is 37.0 Å². The van der Waals surface area contributed by atoms with Crippen molar-refractivity contribution in [2.75, 3.05) is 39.5 Å². The molecule has 4 heterocycles. The van der Waals surface area contributed by atoms with Crippen molar-refractivity contribution in [1.82, 2.24) is 9.80 Å². The van der Waals surface area contributed by atoms with Gasteiger partial charge in [0.1, 0.15) is 23.7 Å². The van der Waals surface area contributed by atoms with Gasteiger partial charge < -0.3 is 24.6 Å². The maximum Gasteiger partial charge on any atom is 0.127 e. The van der Waals surface area contributed by atoms with Gasteiger partial charge in [-0.3, -0.25) is 0 Å². The molecule has 1 N–H and O–H groups in total. The van der Waals surface area contributed by atoms with Crippen LogP contribution in [0.4, 0.5) is 5.69 Å². The van der Waals surface area contributed by atoms with E-state index < -0.39 is 0 Å². The standard InChI is InChI=1S/C20H26N2O.C19H23NO/c1-11-5-6-14-16-10-13-15(21-3)9-12(2)18-17(13)20(14,19(11)23-18)7-8-22(16)4;1-11-4-6-13-10-15-14-7-5-12(2)18-19(14,8-9-20(15)3)16(13)17(11)21-18/h5-6,9,11,14,16,19,21H,7-8,10H2,1-4H3;4-7,12,14-15,18H,8-10H2,1-3H3/t11-,14?,16?,19?,20?;12-,14?,15?,18?,19?/m00/s1. The molecule has 4 aliphatic carbocycles. The highest BCUT2D eigenvalue weighted by Crippen LogP contribution is 2.64. The minimum absolute atomic E-state index is 0.200. The Morgan fingerprint density at radius 3 is 1.93 bits per heavy atom. The number of nitrogens with zero attached hydrogens (tertiary/aromatic N) is 2. The van der Waals surface area contributed by atoms with Crippen LogP contribution in [-0.2, 0) is 23.7 Å². The Bertz CT molecular complexity index is 1630. The lowest BCUT2D eigenvalue weighted by Gasteiger charge is -2.57. The third-order valence-electron chi connectivity index (χ3n) is 13.7. The first-order valence-electron chi connectivity index (χ1n) is 17.3. The Morgan fingerprint density at radius 1 is 0.750 bits per heavy atom. The zero-order valence-corrected chi connectivity index (χ0v) is 27.6. The van der Waals surface area contributed by atoms with E-state index in [9.17, 15) is 0 Å². The zero-order valence-electron chi connectivity index (χ0n) is 27.6. The van der Waals surface area contributed by atoms with Gasteiger partial charge in [-0.25, -0.2) is 0 Å². The van der Waals surface area contributed by atoms with Gasteiger partial charge in [0, 0.05) is 70.4 Å². The number of benzene rings is 2. The third-order valence-corrected chi connectivity index (χ3v) is 13.7. The first-order valence-corrected chi connectivity index (χ1v) is 17.3. The Morgan fingerprint density at radius 2 is 1.32 bits per heavy atom. The van der Waals surface area contributed by atoms with E-state index in [4.69, 9.17) is 9.47 Å². The van der Waals surface area contributed by atoms with Gasteiger partial charge >= 0.3 is 0 Å². The molecule has 4 aliphatic heterocycles. The highest BCUT2D eigenvalue weighted by Gasteiger charge is 2.64. The molecule has 0 aromatic heterocycles. The number of nitrogens with one attached hydrogen (secondary N) is 1. The predicted molar refractivity (Wildman–Crippen MR) is 177 cm³/mol. The fraction of sp³-hybridized carbons (Fsp3) is 0.590. The van der Waals surface area contributed by atoms with Crippen LogP contribution in [0.3, 0.4) is 0 Å². The van der Waals surface area contributed by atoms with Crippen molar-refractivity contribution in [3.63, 3.8) is 0 Å². The van der Waals surface area contributed by atoms with Crippen molar-refractivity contribution >= 4 is 5.69 Å². The predicted octanol–water partition coefficient (Wildman–Crippen LogP) is 6.19. The number of likely N-dealkylation sites (N-methyl/N-ethyl adjacent to an activating group) is 2. The number of hydrogen-bond donors (Lipinski definition) is 1. The fourth-order valence-corrected chi connectivity index (χ4v) is 11.6. The maximum absolute atomic E-state index is 6.66. The smallest absolute Gasteiger partial charge is 0.127 e. The summed E-state index contributed by atoms with van der Waals surface area (Å²) in [6.45, 7) is 11.5. The Labute approximate surface area is 263 Å². The summed E-state index contributed by atoms with van der Waals surface area (Å²) in [4.78, 5) is 5.15. The lowest BCUT2D eigenvalue weighted by atomic mass is 9.52. The van der Waals surface area contributed by atoms with Gasteiger partial charge in [-0.15, -0.1) is 0 Å². The summed E-state index contributed by atoms with van der Waals surface area (Å²) in [6.07, 6.45) is 15.3. The van der Waals surface area contributed by atoms with E-state index in [-0.39, 0.29) is 10.8 Å². The highest BCUT2D eigenvalue weighted by atomic mass is 16.5. The van der Waals surface area contributed by atoms with Crippen LogP contribution >= 0.6 is 0 Å². The number of aryl methyl sites for hydroxylation is 2. The van der Waals surface area contributed by atoms with E-state index in [1.54, 1.807) is 16.7 Å². The van der Waals surface area contributed by atoms with Gasteiger partial charge in [0.2, 0.25) is 0 Å². The summed E-state index contributed by atoms with van der Waals surface area (Å²) in [5, 5.41) is 3.46. The summed E-state index contributed by atoms with van der Waals surface area (Å²) in [6, 6.07) is 8.17. The number of likely N-dealkylation sites (tertiary alicyclic amines) is 2. The minimum atomic E-state index is 0.200.